The summed E-state index contributed by atoms with van der Waals surface area (Å²) in [6, 6.07) is 9.21. The number of rotatable bonds is 5. The van der Waals surface area contributed by atoms with E-state index in [1.165, 1.54) is 17.5 Å². The number of phenolic OH excluding ortho intramolecular Hbond substituents is 1. The fraction of sp³-hybridized carbons (Fsp3) is 0.350. The maximum Gasteiger partial charge on any atom is 0.193 e. The molecule has 0 fully saturated rings. The second kappa shape index (κ2) is 9.68. The van der Waals surface area contributed by atoms with Crippen molar-refractivity contribution in [3.05, 3.63) is 47.0 Å². The van der Waals surface area contributed by atoms with Crippen molar-refractivity contribution in [1.29, 1.82) is 0 Å². The van der Waals surface area contributed by atoms with Gasteiger partial charge in [-0.05, 0) is 55.0 Å². The van der Waals surface area contributed by atoms with Gasteiger partial charge >= 0.3 is 0 Å². The number of hydrogen-bond acceptors (Lipinski definition) is 4. The Morgan fingerprint density at radius 2 is 1.85 bits per heavy atom. The summed E-state index contributed by atoms with van der Waals surface area (Å²) in [7, 11) is 3.17. The summed E-state index contributed by atoms with van der Waals surface area (Å²) in [5.41, 5.74) is 10.2. The van der Waals surface area contributed by atoms with Gasteiger partial charge in [-0.3, -0.25) is 0 Å². The van der Waals surface area contributed by atoms with Crippen molar-refractivity contribution >= 4 is 35.6 Å². The number of nitrogens with zero attached hydrogens (tertiary/aromatic N) is 1. The van der Waals surface area contributed by atoms with E-state index in [4.69, 9.17) is 15.2 Å². The average molecular weight is 483 g/mol. The van der Waals surface area contributed by atoms with Gasteiger partial charge in [0.15, 0.2) is 17.5 Å². The molecule has 7 heteroatoms. The zero-order valence-corrected chi connectivity index (χ0v) is 17.9. The molecule has 1 aliphatic carbocycles. The molecule has 0 saturated carbocycles. The summed E-state index contributed by atoms with van der Waals surface area (Å²) in [4.78, 5) is 4.41. The van der Waals surface area contributed by atoms with Crippen LogP contribution in [0.15, 0.2) is 35.3 Å². The van der Waals surface area contributed by atoms with Crippen molar-refractivity contribution in [2.45, 2.75) is 32.2 Å². The molecule has 4 N–H and O–H groups in total. The topological polar surface area (TPSA) is 89.1 Å². The first-order valence-corrected chi connectivity index (χ1v) is 8.74. The third-order valence-corrected chi connectivity index (χ3v) is 4.69. The molecule has 146 valence electrons. The van der Waals surface area contributed by atoms with Gasteiger partial charge in [0.25, 0.3) is 0 Å². The molecule has 0 radical (unpaired) electrons. The van der Waals surface area contributed by atoms with E-state index in [0.29, 0.717) is 18.0 Å². The third-order valence-electron chi connectivity index (χ3n) is 4.69. The number of hydrogen-bond donors (Lipinski definition) is 3. The van der Waals surface area contributed by atoms with E-state index < -0.39 is 0 Å². The van der Waals surface area contributed by atoms with Gasteiger partial charge in [0.05, 0.1) is 20.8 Å². The number of phenols is 1. The van der Waals surface area contributed by atoms with E-state index in [9.17, 15) is 5.11 Å². The molecule has 2 aromatic carbocycles. The Balaban J connectivity index is 0.00000261. The number of nitrogens with one attached hydrogen (secondary N) is 1. The monoisotopic (exact) mass is 483 g/mol. The predicted molar refractivity (Wildman–Crippen MR) is 119 cm³/mol. The molecule has 6 nitrogen and oxygen atoms in total. The van der Waals surface area contributed by atoms with Crippen molar-refractivity contribution in [3.63, 3.8) is 0 Å². The van der Waals surface area contributed by atoms with Crippen molar-refractivity contribution in [1.82, 2.24) is 0 Å². The second-order valence-electron chi connectivity index (χ2n) is 6.30. The maximum atomic E-state index is 10.2. The highest BCUT2D eigenvalue weighted by atomic mass is 127. The summed E-state index contributed by atoms with van der Waals surface area (Å²) in [5.74, 6) is 1.83. The summed E-state index contributed by atoms with van der Waals surface area (Å²) >= 11 is 0. The van der Waals surface area contributed by atoms with E-state index in [1.54, 1.807) is 32.4 Å². The lowest BCUT2D eigenvalue weighted by Gasteiger charge is -2.19. The van der Waals surface area contributed by atoms with Crippen LogP contribution >= 0.6 is 24.0 Å². The third kappa shape index (κ3) is 4.97. The smallest absolute Gasteiger partial charge is 0.193 e. The number of ether oxygens (including phenoxy) is 2. The number of nitrogens with two attached hydrogens (primary N) is 1. The van der Waals surface area contributed by atoms with Crippen LogP contribution in [0, 0.1) is 0 Å². The van der Waals surface area contributed by atoms with Crippen LogP contribution in [-0.2, 0) is 19.4 Å². The molecule has 2 aromatic rings. The predicted octanol–water partition coefficient (Wildman–Crippen LogP) is 3.83. The molecule has 0 heterocycles. The highest BCUT2D eigenvalue weighted by Crippen LogP contribution is 2.31. The molecule has 0 atom stereocenters. The molecule has 0 unspecified atom stereocenters. The van der Waals surface area contributed by atoms with E-state index in [2.05, 4.69) is 10.3 Å². The fourth-order valence-corrected chi connectivity index (χ4v) is 3.33. The van der Waals surface area contributed by atoms with Crippen molar-refractivity contribution in [2.75, 3.05) is 19.5 Å². The van der Waals surface area contributed by atoms with Crippen molar-refractivity contribution in [2.24, 2.45) is 10.7 Å². The van der Waals surface area contributed by atoms with Crippen LogP contribution in [0.3, 0.4) is 0 Å². The summed E-state index contributed by atoms with van der Waals surface area (Å²) in [6.07, 6.45) is 4.39. The lowest BCUT2D eigenvalue weighted by Crippen LogP contribution is -2.22. The van der Waals surface area contributed by atoms with Gasteiger partial charge in [-0.25, -0.2) is 4.99 Å². The molecule has 0 aliphatic heterocycles. The van der Waals surface area contributed by atoms with Crippen LogP contribution < -0.4 is 20.5 Å². The Morgan fingerprint density at radius 3 is 2.59 bits per heavy atom. The van der Waals surface area contributed by atoms with E-state index in [1.807, 2.05) is 12.1 Å². The number of methoxy groups -OCH3 is 2. The summed E-state index contributed by atoms with van der Waals surface area (Å²) < 4.78 is 10.5. The number of halogens is 1. The first kappa shape index (κ1) is 21.1. The second-order valence-corrected chi connectivity index (χ2v) is 6.30. The zero-order valence-electron chi connectivity index (χ0n) is 15.6. The van der Waals surface area contributed by atoms with Crippen molar-refractivity contribution < 1.29 is 14.6 Å². The molecule has 0 aromatic heterocycles. The highest BCUT2D eigenvalue weighted by molar-refractivity contribution is 14.0. The minimum Gasteiger partial charge on any atom is -0.508 e. The first-order chi connectivity index (χ1) is 12.6. The molecular formula is C20H26IN3O3. The quantitative estimate of drug-likeness (QED) is 0.342. The number of anilines is 1. The summed E-state index contributed by atoms with van der Waals surface area (Å²) in [5, 5.41) is 13.3. The number of benzene rings is 2. The lowest BCUT2D eigenvalue weighted by atomic mass is 9.88. The largest absolute Gasteiger partial charge is 0.508 e. The standard InChI is InChI=1S/C20H25N3O3.HI/c1-25-18-10-8-14(11-19(18)26-2)23-20(21)22-12-16-15-6-4-3-5-13(15)7-9-17(16)24;/h7-11,24H,3-6,12H2,1-2H3,(H3,21,22,23);1H. The number of fused-ring (bicyclic) bond motifs is 1. The van der Waals surface area contributed by atoms with Crippen LogP contribution in [0.5, 0.6) is 17.2 Å². The van der Waals surface area contributed by atoms with Crippen LogP contribution in [-0.4, -0.2) is 25.3 Å². The molecule has 1 aliphatic rings. The van der Waals surface area contributed by atoms with Crippen molar-refractivity contribution in [3.8, 4) is 17.2 Å². The Hall–Kier alpha value is -2.16. The number of guanidine groups is 1. The summed E-state index contributed by atoms with van der Waals surface area (Å²) in [6.45, 7) is 0.348. The van der Waals surface area contributed by atoms with E-state index >= 15 is 0 Å². The van der Waals surface area contributed by atoms with Gasteiger partial charge in [0, 0.05) is 17.3 Å². The van der Waals surface area contributed by atoms with E-state index in [0.717, 1.165) is 30.5 Å². The highest BCUT2D eigenvalue weighted by Gasteiger charge is 2.16. The van der Waals surface area contributed by atoms with Crippen LogP contribution in [0.2, 0.25) is 0 Å². The number of aryl methyl sites for hydroxylation is 1. The van der Waals surface area contributed by atoms with Crippen LogP contribution in [0.4, 0.5) is 5.69 Å². The van der Waals surface area contributed by atoms with E-state index in [-0.39, 0.29) is 35.7 Å². The normalized spacial score (nSPS) is 13.3. The minimum absolute atomic E-state index is 0. The van der Waals surface area contributed by atoms with Gasteiger partial charge < -0.3 is 25.6 Å². The van der Waals surface area contributed by atoms with Gasteiger partial charge in [0.1, 0.15) is 5.75 Å². The van der Waals surface area contributed by atoms with Crippen LogP contribution in [0.1, 0.15) is 29.5 Å². The molecule has 0 bridgehead atoms. The van der Waals surface area contributed by atoms with Gasteiger partial charge in [-0.2, -0.15) is 0 Å². The molecule has 3 rings (SSSR count). The minimum atomic E-state index is 0. The number of aliphatic imine (C=N–C) groups is 1. The van der Waals surface area contributed by atoms with Gasteiger partial charge in [0.2, 0.25) is 0 Å². The van der Waals surface area contributed by atoms with Gasteiger partial charge in [-0.1, -0.05) is 6.07 Å². The molecule has 0 spiro atoms. The fourth-order valence-electron chi connectivity index (χ4n) is 3.33. The van der Waals surface area contributed by atoms with Gasteiger partial charge in [-0.15, -0.1) is 24.0 Å². The Morgan fingerprint density at radius 1 is 1.11 bits per heavy atom. The number of aromatic hydroxyl groups is 1. The van der Waals surface area contributed by atoms with Crippen LogP contribution in [0.25, 0.3) is 0 Å². The maximum absolute atomic E-state index is 10.2. The Bertz CT molecular complexity index is 824. The SMILES string of the molecule is COc1ccc(NC(N)=NCc2c(O)ccc3c2CCCC3)cc1OC.I. The molecule has 0 amide bonds. The molecule has 27 heavy (non-hydrogen) atoms. The first-order valence-electron chi connectivity index (χ1n) is 8.74. The average Bonchev–Trinajstić information content (AvgIpc) is 2.67. The lowest BCUT2D eigenvalue weighted by molar-refractivity contribution is 0.355. The Labute approximate surface area is 176 Å². The molecule has 0 saturated heterocycles. The molecular weight excluding hydrogens is 457 g/mol. The zero-order chi connectivity index (χ0) is 18.5. The Kier molecular flexibility index (Phi) is 7.58.